The Morgan fingerprint density at radius 3 is 2.66 bits per heavy atom. The van der Waals surface area contributed by atoms with Gasteiger partial charge in [0.05, 0.1) is 21.7 Å². The molecule has 0 N–H and O–H groups in total. The maximum Gasteiger partial charge on any atom is 0.248 e. The molecule has 0 aliphatic carbocycles. The van der Waals surface area contributed by atoms with E-state index in [0.717, 1.165) is 20.9 Å². The summed E-state index contributed by atoms with van der Waals surface area (Å²) in [6.07, 6.45) is 2.23. The molecule has 6 nitrogen and oxygen atoms in total. The predicted octanol–water partition coefficient (Wildman–Crippen LogP) is 4.80. The molecule has 0 unspecified atom stereocenters. The monoisotopic (exact) mass is 512 g/mol. The first-order chi connectivity index (χ1) is 15.3. The summed E-state index contributed by atoms with van der Waals surface area (Å²) >= 11 is 8.89. The topological polar surface area (TPSA) is 77.7 Å². The summed E-state index contributed by atoms with van der Waals surface area (Å²) < 4.78 is 32.0. The highest BCUT2D eigenvalue weighted by Crippen LogP contribution is 2.23. The van der Waals surface area contributed by atoms with E-state index in [1.807, 2.05) is 35.8 Å². The molecule has 0 radical (unpaired) electrons. The van der Waals surface area contributed by atoms with Crippen LogP contribution in [0.2, 0.25) is 5.02 Å². The SMILES string of the molecule is CCOCCn1c(=NC(=O)CCCSc2ccc(Cl)cc2)sc2cc(S(C)(=O)=O)ccc21. The van der Waals surface area contributed by atoms with Crippen LogP contribution in [0.4, 0.5) is 0 Å². The summed E-state index contributed by atoms with van der Waals surface area (Å²) in [4.78, 5) is 18.8. The van der Waals surface area contributed by atoms with Crippen LogP contribution in [0.25, 0.3) is 10.2 Å². The fourth-order valence-electron chi connectivity index (χ4n) is 2.99. The minimum absolute atomic E-state index is 0.193. The highest BCUT2D eigenvalue weighted by molar-refractivity contribution is 7.99. The largest absolute Gasteiger partial charge is 0.380 e. The Bertz CT molecular complexity index is 1250. The lowest BCUT2D eigenvalue weighted by molar-refractivity contribution is -0.118. The lowest BCUT2D eigenvalue weighted by Crippen LogP contribution is -2.19. The standard InChI is InChI=1S/C22H25ClN2O4S3/c1-3-29-13-12-25-19-11-10-18(32(2,27)28)15-20(19)31-22(25)24-21(26)5-4-14-30-17-8-6-16(23)7-9-17/h6-11,15H,3-5,12-14H2,1-2H3. The van der Waals surface area contributed by atoms with E-state index in [1.165, 1.54) is 17.6 Å². The number of hydrogen-bond acceptors (Lipinski definition) is 6. The maximum atomic E-state index is 12.5. The summed E-state index contributed by atoms with van der Waals surface area (Å²) in [6.45, 7) is 3.53. The predicted molar refractivity (Wildman–Crippen MR) is 131 cm³/mol. The summed E-state index contributed by atoms with van der Waals surface area (Å²) in [5.74, 6) is 0.610. The van der Waals surface area contributed by atoms with Crippen molar-refractivity contribution in [2.45, 2.75) is 36.1 Å². The number of amides is 1. The van der Waals surface area contributed by atoms with Crippen LogP contribution < -0.4 is 4.80 Å². The zero-order valence-electron chi connectivity index (χ0n) is 17.9. The number of fused-ring (bicyclic) bond motifs is 1. The summed E-state index contributed by atoms with van der Waals surface area (Å²) in [5.41, 5.74) is 0.840. The van der Waals surface area contributed by atoms with Gasteiger partial charge in [0.1, 0.15) is 0 Å². The average molecular weight is 513 g/mol. The van der Waals surface area contributed by atoms with Gasteiger partial charge in [-0.3, -0.25) is 4.79 Å². The molecule has 10 heteroatoms. The molecule has 0 atom stereocenters. The molecule has 32 heavy (non-hydrogen) atoms. The van der Waals surface area contributed by atoms with Gasteiger partial charge in [0.2, 0.25) is 5.91 Å². The highest BCUT2D eigenvalue weighted by Gasteiger charge is 2.13. The van der Waals surface area contributed by atoms with Crippen molar-refractivity contribution in [3.63, 3.8) is 0 Å². The summed E-state index contributed by atoms with van der Waals surface area (Å²) in [6, 6.07) is 12.6. The smallest absolute Gasteiger partial charge is 0.248 e. The second kappa shape index (κ2) is 11.5. The fraction of sp³-hybridized carbons (Fsp3) is 0.364. The number of ether oxygens (including phenoxy) is 1. The normalized spacial score (nSPS) is 12.5. The van der Waals surface area contributed by atoms with E-state index in [0.29, 0.717) is 42.4 Å². The number of carbonyl (C=O) groups excluding carboxylic acids is 1. The number of hydrogen-bond donors (Lipinski definition) is 0. The number of aromatic nitrogens is 1. The van der Waals surface area contributed by atoms with Gasteiger partial charge in [-0.25, -0.2) is 8.42 Å². The van der Waals surface area contributed by atoms with E-state index in [2.05, 4.69) is 4.99 Å². The zero-order chi connectivity index (χ0) is 23.1. The minimum atomic E-state index is -3.32. The molecule has 0 saturated heterocycles. The summed E-state index contributed by atoms with van der Waals surface area (Å²) in [7, 11) is -3.32. The van der Waals surface area contributed by atoms with E-state index in [9.17, 15) is 13.2 Å². The third kappa shape index (κ3) is 6.92. The van der Waals surface area contributed by atoms with Crippen molar-refractivity contribution >= 4 is 60.7 Å². The van der Waals surface area contributed by atoms with E-state index < -0.39 is 9.84 Å². The second-order valence-electron chi connectivity index (χ2n) is 7.05. The van der Waals surface area contributed by atoms with Crippen LogP contribution in [-0.2, 0) is 25.9 Å². The highest BCUT2D eigenvalue weighted by atomic mass is 35.5. The molecule has 2 aromatic carbocycles. The zero-order valence-corrected chi connectivity index (χ0v) is 21.1. The molecule has 0 aliphatic heterocycles. The molecule has 3 aromatic rings. The van der Waals surface area contributed by atoms with Crippen molar-refractivity contribution in [3.8, 4) is 0 Å². The molecule has 172 valence electrons. The van der Waals surface area contributed by atoms with E-state index in [-0.39, 0.29) is 10.8 Å². The molecule has 0 aliphatic rings. The number of benzene rings is 2. The number of thiazole rings is 1. The van der Waals surface area contributed by atoms with Gasteiger partial charge in [0.15, 0.2) is 14.6 Å². The number of sulfone groups is 1. The van der Waals surface area contributed by atoms with Gasteiger partial charge in [-0.15, -0.1) is 11.8 Å². The van der Waals surface area contributed by atoms with Crippen molar-refractivity contribution < 1.29 is 17.9 Å². The molecule has 1 heterocycles. The van der Waals surface area contributed by atoms with Gasteiger partial charge >= 0.3 is 0 Å². The minimum Gasteiger partial charge on any atom is -0.380 e. The Morgan fingerprint density at radius 1 is 1.22 bits per heavy atom. The lowest BCUT2D eigenvalue weighted by atomic mass is 10.3. The Hall–Kier alpha value is -1.65. The lowest BCUT2D eigenvalue weighted by Gasteiger charge is -2.06. The van der Waals surface area contributed by atoms with Crippen molar-refractivity contribution in [2.24, 2.45) is 4.99 Å². The first-order valence-corrected chi connectivity index (χ1v) is 14.2. The third-order valence-electron chi connectivity index (χ3n) is 4.58. The summed E-state index contributed by atoms with van der Waals surface area (Å²) in [5, 5.41) is 0.702. The molecular weight excluding hydrogens is 488 g/mol. The van der Waals surface area contributed by atoms with Crippen LogP contribution in [0.3, 0.4) is 0 Å². The van der Waals surface area contributed by atoms with Crippen LogP contribution in [0.5, 0.6) is 0 Å². The van der Waals surface area contributed by atoms with E-state index in [4.69, 9.17) is 16.3 Å². The maximum absolute atomic E-state index is 12.5. The quantitative estimate of drug-likeness (QED) is 0.288. The average Bonchev–Trinajstić information content (AvgIpc) is 3.08. The van der Waals surface area contributed by atoms with E-state index >= 15 is 0 Å². The molecule has 0 saturated carbocycles. The van der Waals surface area contributed by atoms with Crippen molar-refractivity contribution in [2.75, 3.05) is 25.2 Å². The Morgan fingerprint density at radius 2 is 1.97 bits per heavy atom. The first kappa shape index (κ1) is 25.0. The number of carbonyl (C=O) groups is 1. The van der Waals surface area contributed by atoms with Crippen molar-refractivity contribution in [3.05, 3.63) is 52.3 Å². The number of rotatable bonds is 10. The van der Waals surface area contributed by atoms with Gasteiger partial charge in [-0.2, -0.15) is 4.99 Å². The number of halogens is 1. The molecule has 0 spiro atoms. The Balaban J connectivity index is 1.75. The van der Waals surface area contributed by atoms with Crippen molar-refractivity contribution in [1.29, 1.82) is 0 Å². The Kier molecular flexibility index (Phi) is 8.95. The van der Waals surface area contributed by atoms with Gasteiger partial charge < -0.3 is 9.30 Å². The number of thioether (sulfide) groups is 1. The molecule has 1 aromatic heterocycles. The fourth-order valence-corrected chi connectivity index (χ4v) is 5.81. The van der Waals surface area contributed by atoms with Gasteiger partial charge in [-0.05, 0) is 61.6 Å². The van der Waals surface area contributed by atoms with Crippen LogP contribution in [0.15, 0.2) is 57.2 Å². The molecule has 3 rings (SSSR count). The van der Waals surface area contributed by atoms with Crippen LogP contribution in [-0.4, -0.2) is 44.1 Å². The van der Waals surface area contributed by atoms with Crippen LogP contribution in [0, 0.1) is 0 Å². The van der Waals surface area contributed by atoms with Crippen LogP contribution in [0.1, 0.15) is 19.8 Å². The molecule has 1 amide bonds. The molecule has 0 fully saturated rings. The Labute approximate surface area is 201 Å². The van der Waals surface area contributed by atoms with Gasteiger partial charge in [-0.1, -0.05) is 22.9 Å². The molecular formula is C22H25ClN2O4S3. The van der Waals surface area contributed by atoms with Crippen molar-refractivity contribution in [1.82, 2.24) is 4.57 Å². The second-order valence-corrected chi connectivity index (χ2v) is 11.7. The first-order valence-electron chi connectivity index (χ1n) is 10.1. The van der Waals surface area contributed by atoms with Gasteiger partial charge in [0, 0.05) is 35.7 Å². The van der Waals surface area contributed by atoms with Gasteiger partial charge in [0.25, 0.3) is 0 Å². The van der Waals surface area contributed by atoms with Crippen LogP contribution >= 0.6 is 34.7 Å². The third-order valence-corrected chi connectivity index (χ3v) is 8.09. The number of nitrogens with zero attached hydrogens (tertiary/aromatic N) is 2. The van der Waals surface area contributed by atoms with E-state index in [1.54, 1.807) is 30.0 Å². The molecule has 0 bridgehead atoms.